The van der Waals surface area contributed by atoms with Crippen LogP contribution in [0.1, 0.15) is 0 Å². The Bertz CT molecular complexity index is 826. The van der Waals surface area contributed by atoms with Gasteiger partial charge in [-0.15, -0.1) is 11.8 Å². The number of thioether (sulfide) groups is 1. The van der Waals surface area contributed by atoms with Crippen LogP contribution in [0.5, 0.6) is 11.5 Å². The van der Waals surface area contributed by atoms with Crippen LogP contribution in [0.25, 0.3) is 0 Å². The summed E-state index contributed by atoms with van der Waals surface area (Å²) in [5.41, 5.74) is 0. The first-order valence-electron chi connectivity index (χ1n) is 7.65. The van der Waals surface area contributed by atoms with Gasteiger partial charge in [-0.1, -0.05) is 23.4 Å². The smallest absolute Gasteiger partial charge is 0.429 e. The molecule has 0 heterocycles. The van der Waals surface area contributed by atoms with Crippen molar-refractivity contribution in [3.8, 4) is 11.5 Å². The molecule has 0 unspecified atom stereocenters. The lowest BCUT2D eigenvalue weighted by molar-refractivity contribution is -0.0550. The van der Waals surface area contributed by atoms with Gasteiger partial charge in [0.15, 0.2) is 0 Å². The fourth-order valence-corrected chi connectivity index (χ4v) is 3.51. The van der Waals surface area contributed by atoms with E-state index in [2.05, 4.69) is 9.44 Å². The SMILES string of the molecule is COc1ccccc1.O=S(=O)(CCSc1ccc(O)cc1)O/N=C/C(F)(F)F. The van der Waals surface area contributed by atoms with Gasteiger partial charge in [-0.3, -0.25) is 4.28 Å². The van der Waals surface area contributed by atoms with E-state index >= 15 is 0 Å². The molecular formula is C17H18F3NO5S2. The van der Waals surface area contributed by atoms with Crippen molar-refractivity contribution in [1.82, 2.24) is 0 Å². The Morgan fingerprint density at radius 1 is 1.11 bits per heavy atom. The monoisotopic (exact) mass is 437 g/mol. The van der Waals surface area contributed by atoms with Crippen LogP contribution in [0, 0.1) is 0 Å². The lowest BCUT2D eigenvalue weighted by Gasteiger charge is -2.03. The number of hydrogen-bond acceptors (Lipinski definition) is 7. The minimum atomic E-state index is -4.73. The third-order valence-electron chi connectivity index (χ3n) is 2.77. The fraction of sp³-hybridized carbons (Fsp3) is 0.235. The maximum Gasteiger partial charge on any atom is 0.429 e. The largest absolute Gasteiger partial charge is 0.508 e. The summed E-state index contributed by atoms with van der Waals surface area (Å²) < 4.78 is 66.2. The highest BCUT2D eigenvalue weighted by Gasteiger charge is 2.25. The number of phenolic OH excluding ortho intramolecular Hbond substituents is 1. The van der Waals surface area contributed by atoms with Crippen LogP contribution in [0.3, 0.4) is 0 Å². The third kappa shape index (κ3) is 11.3. The van der Waals surface area contributed by atoms with Crippen LogP contribution in [0.15, 0.2) is 64.6 Å². The second-order valence-corrected chi connectivity index (χ2v) is 7.81. The lowest BCUT2D eigenvalue weighted by atomic mass is 10.3. The van der Waals surface area contributed by atoms with Gasteiger partial charge in [0.25, 0.3) is 0 Å². The summed E-state index contributed by atoms with van der Waals surface area (Å²) in [6, 6.07) is 15.7. The van der Waals surface area contributed by atoms with E-state index in [0.717, 1.165) is 17.5 Å². The number of nitrogens with zero attached hydrogens (tertiary/aromatic N) is 1. The van der Waals surface area contributed by atoms with Crippen LogP contribution in [-0.4, -0.2) is 44.5 Å². The molecule has 0 spiro atoms. The quantitative estimate of drug-likeness (QED) is 0.399. The second kappa shape index (κ2) is 11.4. The predicted octanol–water partition coefficient (Wildman–Crippen LogP) is 4.07. The average molecular weight is 437 g/mol. The van der Waals surface area contributed by atoms with E-state index in [1.54, 1.807) is 19.2 Å². The van der Waals surface area contributed by atoms with Crippen molar-refractivity contribution in [2.24, 2.45) is 5.16 Å². The van der Waals surface area contributed by atoms with Gasteiger partial charge in [0.05, 0.1) is 12.9 Å². The lowest BCUT2D eigenvalue weighted by Crippen LogP contribution is -2.13. The number of hydrogen-bond donors (Lipinski definition) is 1. The van der Waals surface area contributed by atoms with E-state index in [1.807, 2.05) is 30.3 Å². The minimum Gasteiger partial charge on any atom is -0.508 e. The first-order valence-corrected chi connectivity index (χ1v) is 10.2. The van der Waals surface area contributed by atoms with Gasteiger partial charge in [-0.25, -0.2) is 0 Å². The number of aromatic hydroxyl groups is 1. The number of oxime groups is 1. The van der Waals surface area contributed by atoms with Gasteiger partial charge in [0.2, 0.25) is 0 Å². The van der Waals surface area contributed by atoms with E-state index in [0.29, 0.717) is 4.90 Å². The number of alkyl halides is 3. The van der Waals surface area contributed by atoms with Gasteiger partial charge in [0, 0.05) is 10.6 Å². The molecule has 0 aromatic heterocycles. The van der Waals surface area contributed by atoms with Gasteiger partial charge in [0.1, 0.15) is 17.7 Å². The predicted molar refractivity (Wildman–Crippen MR) is 101 cm³/mol. The van der Waals surface area contributed by atoms with Crippen molar-refractivity contribution in [1.29, 1.82) is 0 Å². The minimum absolute atomic E-state index is 0.0757. The normalized spacial score (nSPS) is 11.6. The zero-order chi connectivity index (χ0) is 21.0. The zero-order valence-corrected chi connectivity index (χ0v) is 16.3. The number of benzene rings is 2. The first-order chi connectivity index (χ1) is 13.1. The van der Waals surface area contributed by atoms with Gasteiger partial charge in [-0.05, 0) is 36.4 Å². The topological polar surface area (TPSA) is 85.2 Å². The van der Waals surface area contributed by atoms with Gasteiger partial charge < -0.3 is 9.84 Å². The number of phenols is 1. The molecule has 0 fully saturated rings. The van der Waals surface area contributed by atoms with Crippen molar-refractivity contribution >= 4 is 28.1 Å². The average Bonchev–Trinajstić information content (AvgIpc) is 2.63. The summed E-state index contributed by atoms with van der Waals surface area (Å²) in [5, 5.41) is 11.4. The van der Waals surface area contributed by atoms with Crippen LogP contribution in [0.4, 0.5) is 13.2 Å². The summed E-state index contributed by atoms with van der Waals surface area (Å²) in [6.45, 7) is 0. The van der Waals surface area contributed by atoms with Crippen LogP contribution in [-0.2, 0) is 14.4 Å². The van der Waals surface area contributed by atoms with Crippen LogP contribution >= 0.6 is 11.8 Å². The number of halogens is 3. The van der Waals surface area contributed by atoms with Crippen LogP contribution in [0.2, 0.25) is 0 Å². The molecule has 28 heavy (non-hydrogen) atoms. The Morgan fingerprint density at radius 2 is 1.71 bits per heavy atom. The molecule has 2 aromatic carbocycles. The Morgan fingerprint density at radius 3 is 2.21 bits per heavy atom. The first kappa shape index (κ1) is 23.6. The Balaban J connectivity index is 0.000000406. The number of rotatable bonds is 7. The second-order valence-electron chi connectivity index (χ2n) is 4.97. The summed E-state index contributed by atoms with van der Waals surface area (Å²) in [7, 11) is -2.49. The molecule has 0 aliphatic rings. The summed E-state index contributed by atoms with van der Waals surface area (Å²) in [5.74, 6) is 0.571. The molecule has 0 aliphatic heterocycles. The van der Waals surface area contributed by atoms with Crippen molar-refractivity contribution in [3.63, 3.8) is 0 Å². The van der Waals surface area contributed by atoms with Crippen molar-refractivity contribution in [2.45, 2.75) is 11.1 Å². The maximum absolute atomic E-state index is 11.7. The summed E-state index contributed by atoms with van der Waals surface area (Å²) in [6.07, 6.45) is -5.27. The molecule has 0 radical (unpaired) electrons. The van der Waals surface area contributed by atoms with Gasteiger partial charge >= 0.3 is 16.3 Å². The van der Waals surface area contributed by atoms with E-state index < -0.39 is 28.3 Å². The van der Waals surface area contributed by atoms with E-state index in [-0.39, 0.29) is 11.5 Å². The summed E-state index contributed by atoms with van der Waals surface area (Å²) in [4.78, 5) is 0.705. The number of para-hydroxylation sites is 1. The Labute approximate surface area is 165 Å². The van der Waals surface area contributed by atoms with Crippen molar-refractivity contribution in [2.75, 3.05) is 18.6 Å². The molecule has 11 heteroatoms. The Hall–Kier alpha value is -2.40. The summed E-state index contributed by atoms with van der Waals surface area (Å²) >= 11 is 1.15. The molecule has 0 atom stereocenters. The molecule has 0 aliphatic carbocycles. The van der Waals surface area contributed by atoms with Crippen LogP contribution < -0.4 is 4.74 Å². The molecule has 6 nitrogen and oxygen atoms in total. The number of methoxy groups -OCH3 is 1. The molecule has 0 saturated heterocycles. The highest BCUT2D eigenvalue weighted by Crippen LogP contribution is 2.21. The standard InChI is InChI=1S/C10H10F3NO4S2.C7H8O/c11-10(12,13)7-14-18-20(16,17)6-5-19-9-3-1-8(15)2-4-9;1-8-7-5-3-2-4-6-7/h1-4,7,15H,5-6H2;2-6H,1H3/b14-7+;. The molecular weight excluding hydrogens is 419 g/mol. The van der Waals surface area contributed by atoms with Crippen molar-refractivity contribution < 1.29 is 35.7 Å². The molecule has 0 saturated carbocycles. The fourth-order valence-electron chi connectivity index (χ4n) is 1.54. The number of ether oxygens (including phenoxy) is 1. The highest BCUT2D eigenvalue weighted by molar-refractivity contribution is 8.00. The van der Waals surface area contributed by atoms with Gasteiger partial charge in [-0.2, -0.15) is 21.6 Å². The van der Waals surface area contributed by atoms with Crippen molar-refractivity contribution in [3.05, 3.63) is 54.6 Å². The molecule has 2 aromatic rings. The molecule has 1 N–H and O–H groups in total. The van der Waals surface area contributed by atoms with E-state index in [9.17, 15) is 21.6 Å². The van der Waals surface area contributed by atoms with E-state index in [1.165, 1.54) is 12.1 Å². The molecule has 0 amide bonds. The molecule has 154 valence electrons. The molecule has 0 bridgehead atoms. The third-order valence-corrected chi connectivity index (χ3v) is 5.06. The van der Waals surface area contributed by atoms with E-state index in [4.69, 9.17) is 9.84 Å². The Kier molecular flexibility index (Phi) is 9.66. The maximum atomic E-state index is 11.7. The molecule has 2 rings (SSSR count). The zero-order valence-electron chi connectivity index (χ0n) is 14.7. The highest BCUT2D eigenvalue weighted by atomic mass is 32.2.